The first-order valence-electron chi connectivity index (χ1n) is 8.41. The van der Waals surface area contributed by atoms with Crippen LogP contribution in [0.1, 0.15) is 21.5 Å². The van der Waals surface area contributed by atoms with Crippen LogP contribution in [0.3, 0.4) is 0 Å². The highest BCUT2D eigenvalue weighted by atomic mass is 79.9. The van der Waals surface area contributed by atoms with Crippen LogP contribution in [0.4, 0.5) is 11.4 Å². The van der Waals surface area contributed by atoms with Crippen molar-refractivity contribution in [3.05, 3.63) is 110 Å². The molecule has 0 bridgehead atoms. The fraction of sp³-hybridized carbons (Fsp3) is 0.100. The molecular weight excluding hydrogens is 442 g/mol. The Labute approximate surface area is 176 Å². The Balaban J connectivity index is 0.00000300. The number of nitro benzene ring substituents is 2. The van der Waals surface area contributed by atoms with E-state index in [9.17, 15) is 25.0 Å². The number of Topliss-reactive ketones (excluding diaryl/α,β-unsaturated/α-hetero) is 1. The number of halogens is 1. The van der Waals surface area contributed by atoms with E-state index in [1.807, 2.05) is 12.1 Å². The summed E-state index contributed by atoms with van der Waals surface area (Å²) in [5.74, 6) is -0.150. The normalized spacial score (nSPS) is 10.1. The van der Waals surface area contributed by atoms with Gasteiger partial charge >= 0.3 is 0 Å². The summed E-state index contributed by atoms with van der Waals surface area (Å²) in [5, 5.41) is 21.4. The fourth-order valence-electron chi connectivity index (χ4n) is 2.71. The second-order valence-electron chi connectivity index (χ2n) is 6.21. The number of benzene rings is 2. The molecule has 0 saturated heterocycles. The van der Waals surface area contributed by atoms with E-state index in [0.717, 1.165) is 11.1 Å². The second-order valence-corrected chi connectivity index (χ2v) is 6.21. The summed E-state index contributed by atoms with van der Waals surface area (Å²) in [6.07, 6.45) is 4.18. The highest BCUT2D eigenvalue weighted by Gasteiger charge is 2.14. The van der Waals surface area contributed by atoms with Gasteiger partial charge in [-0.15, -0.1) is 17.0 Å². The predicted molar refractivity (Wildman–Crippen MR) is 110 cm³/mol. The zero-order valence-electron chi connectivity index (χ0n) is 15.1. The number of hydrogen-bond acceptors (Lipinski definition) is 5. The van der Waals surface area contributed by atoms with Crippen molar-refractivity contribution in [2.24, 2.45) is 0 Å². The lowest BCUT2D eigenvalue weighted by atomic mass is 10.1. The number of non-ortho nitro benzene ring substituents is 2. The molecule has 148 valence electrons. The van der Waals surface area contributed by atoms with Crippen LogP contribution in [0.25, 0.3) is 0 Å². The SMILES string of the molecule is Br.O=C(C[n+]1ccc(Cc2ccc([N+](=O)[O-])cc2)cc1)c1ccc([N+](=O)[O-])cc1. The van der Waals surface area contributed by atoms with E-state index in [1.54, 1.807) is 29.1 Å². The first-order valence-corrected chi connectivity index (χ1v) is 8.41. The van der Waals surface area contributed by atoms with Gasteiger partial charge in [0.1, 0.15) is 0 Å². The van der Waals surface area contributed by atoms with E-state index in [0.29, 0.717) is 12.0 Å². The summed E-state index contributed by atoms with van der Waals surface area (Å²) in [6, 6.07) is 15.7. The Morgan fingerprint density at radius 1 is 0.759 bits per heavy atom. The topological polar surface area (TPSA) is 107 Å². The number of rotatable bonds is 7. The zero-order chi connectivity index (χ0) is 20.1. The van der Waals surface area contributed by atoms with Crippen molar-refractivity contribution in [2.75, 3.05) is 0 Å². The zero-order valence-corrected chi connectivity index (χ0v) is 16.8. The van der Waals surface area contributed by atoms with Gasteiger partial charge in [-0.1, -0.05) is 12.1 Å². The van der Waals surface area contributed by atoms with Crippen molar-refractivity contribution in [1.29, 1.82) is 0 Å². The molecular formula is C20H17BrN3O5+. The Morgan fingerprint density at radius 2 is 1.21 bits per heavy atom. The minimum Gasteiger partial charge on any atom is -0.287 e. The Morgan fingerprint density at radius 3 is 1.69 bits per heavy atom. The van der Waals surface area contributed by atoms with E-state index >= 15 is 0 Å². The number of nitrogens with zero attached hydrogens (tertiary/aromatic N) is 3. The number of pyridine rings is 1. The molecule has 1 aromatic heterocycles. The van der Waals surface area contributed by atoms with Gasteiger partial charge in [0, 0.05) is 42.0 Å². The number of nitro groups is 2. The van der Waals surface area contributed by atoms with E-state index in [2.05, 4.69) is 0 Å². The molecule has 0 atom stereocenters. The minimum atomic E-state index is -0.507. The first kappa shape index (κ1) is 21.8. The molecule has 0 N–H and O–H groups in total. The van der Waals surface area contributed by atoms with Crippen LogP contribution >= 0.6 is 17.0 Å². The Bertz CT molecular complexity index is 1020. The molecule has 0 radical (unpaired) electrons. The van der Waals surface area contributed by atoms with Crippen LogP contribution in [0.5, 0.6) is 0 Å². The summed E-state index contributed by atoms with van der Waals surface area (Å²) >= 11 is 0. The molecule has 29 heavy (non-hydrogen) atoms. The molecule has 9 heteroatoms. The van der Waals surface area contributed by atoms with Gasteiger partial charge in [-0.2, -0.15) is 4.57 Å². The second kappa shape index (κ2) is 9.65. The Hall–Kier alpha value is -3.46. The number of ketones is 1. The van der Waals surface area contributed by atoms with Crippen LogP contribution in [0.2, 0.25) is 0 Å². The molecule has 0 aliphatic heterocycles. The van der Waals surface area contributed by atoms with Crippen molar-refractivity contribution in [3.8, 4) is 0 Å². The highest BCUT2D eigenvalue weighted by molar-refractivity contribution is 8.93. The average Bonchev–Trinajstić information content (AvgIpc) is 2.70. The van der Waals surface area contributed by atoms with Crippen LogP contribution in [0, 0.1) is 20.2 Å². The monoisotopic (exact) mass is 458 g/mol. The van der Waals surface area contributed by atoms with Gasteiger partial charge in [0.15, 0.2) is 12.4 Å². The van der Waals surface area contributed by atoms with Gasteiger partial charge in [0.25, 0.3) is 11.4 Å². The van der Waals surface area contributed by atoms with Crippen LogP contribution in [-0.4, -0.2) is 15.6 Å². The molecule has 3 rings (SSSR count). The Kier molecular flexibility index (Phi) is 7.27. The molecule has 0 amide bonds. The summed E-state index contributed by atoms with van der Waals surface area (Å²) < 4.78 is 1.73. The highest BCUT2D eigenvalue weighted by Crippen LogP contribution is 2.15. The molecule has 0 saturated carbocycles. The lowest BCUT2D eigenvalue weighted by molar-refractivity contribution is -0.683. The molecule has 0 unspecified atom stereocenters. The predicted octanol–water partition coefficient (Wildman–Crippen LogP) is 3.84. The minimum absolute atomic E-state index is 0. The number of carbonyl (C=O) groups is 1. The maximum Gasteiger partial charge on any atom is 0.269 e. The van der Waals surface area contributed by atoms with Gasteiger partial charge in [-0.3, -0.25) is 25.0 Å². The number of hydrogen-bond donors (Lipinski definition) is 0. The average molecular weight is 459 g/mol. The van der Waals surface area contributed by atoms with Crippen molar-refractivity contribution >= 4 is 34.1 Å². The molecule has 0 fully saturated rings. The third-order valence-corrected chi connectivity index (χ3v) is 4.24. The van der Waals surface area contributed by atoms with Crippen LogP contribution < -0.4 is 4.57 Å². The molecule has 0 aliphatic rings. The third-order valence-electron chi connectivity index (χ3n) is 4.24. The first-order chi connectivity index (χ1) is 13.4. The summed E-state index contributed by atoms with van der Waals surface area (Å²) in [5.41, 5.74) is 2.37. The van der Waals surface area contributed by atoms with E-state index in [-0.39, 0.29) is 40.7 Å². The van der Waals surface area contributed by atoms with E-state index in [4.69, 9.17) is 0 Å². The van der Waals surface area contributed by atoms with Crippen molar-refractivity contribution in [1.82, 2.24) is 0 Å². The summed E-state index contributed by atoms with van der Waals surface area (Å²) in [7, 11) is 0. The van der Waals surface area contributed by atoms with Crippen LogP contribution in [-0.2, 0) is 13.0 Å². The van der Waals surface area contributed by atoms with E-state index in [1.165, 1.54) is 36.4 Å². The number of carbonyl (C=O) groups excluding carboxylic acids is 1. The molecule has 0 aliphatic carbocycles. The summed E-state index contributed by atoms with van der Waals surface area (Å²) in [4.78, 5) is 32.7. The molecule has 3 aromatic rings. The molecule has 1 heterocycles. The molecule has 0 spiro atoms. The van der Waals surface area contributed by atoms with Gasteiger partial charge in [0.2, 0.25) is 12.3 Å². The van der Waals surface area contributed by atoms with Crippen molar-refractivity contribution in [2.45, 2.75) is 13.0 Å². The van der Waals surface area contributed by atoms with Gasteiger partial charge in [-0.25, -0.2) is 0 Å². The quantitative estimate of drug-likeness (QED) is 0.231. The largest absolute Gasteiger partial charge is 0.287 e. The molecule has 8 nitrogen and oxygen atoms in total. The van der Waals surface area contributed by atoms with Gasteiger partial charge < -0.3 is 0 Å². The van der Waals surface area contributed by atoms with E-state index < -0.39 is 9.85 Å². The smallest absolute Gasteiger partial charge is 0.269 e. The molecule has 2 aromatic carbocycles. The number of aromatic nitrogens is 1. The van der Waals surface area contributed by atoms with Gasteiger partial charge in [-0.05, 0) is 29.7 Å². The summed E-state index contributed by atoms with van der Waals surface area (Å²) in [6.45, 7) is 0.121. The van der Waals surface area contributed by atoms with Crippen molar-refractivity contribution in [3.63, 3.8) is 0 Å². The van der Waals surface area contributed by atoms with Crippen LogP contribution in [0.15, 0.2) is 73.1 Å². The van der Waals surface area contributed by atoms with Gasteiger partial charge in [0.05, 0.1) is 9.85 Å². The lowest BCUT2D eigenvalue weighted by Gasteiger charge is -2.02. The maximum absolute atomic E-state index is 12.3. The van der Waals surface area contributed by atoms with Crippen molar-refractivity contribution < 1.29 is 19.2 Å². The third kappa shape index (κ3) is 5.76. The fourth-order valence-corrected chi connectivity index (χ4v) is 2.71. The lowest BCUT2D eigenvalue weighted by Crippen LogP contribution is -2.37. The standard InChI is InChI=1S/C20H16N3O5.BrH/c24-20(17-3-7-19(8-4-17)23(27)28)14-21-11-9-16(10-12-21)13-15-1-5-18(6-2-15)22(25)26;/h1-12H,13-14H2;1H/q+1;. The maximum atomic E-state index is 12.3.